The molecule has 2 amide bonds. The highest BCUT2D eigenvalue weighted by Gasteiger charge is 2.66. The Morgan fingerprint density at radius 3 is 2.66 bits per heavy atom. The number of nitrogens with one attached hydrogen (secondary N) is 2. The minimum absolute atomic E-state index is 0.00415. The molecule has 2 aromatic carbocycles. The number of pyridine rings is 1. The predicted molar refractivity (Wildman–Crippen MR) is 153 cm³/mol. The zero-order chi connectivity index (χ0) is 29.7. The van der Waals surface area contributed by atoms with Gasteiger partial charge in [0.15, 0.2) is 0 Å². The number of carbonyl (C=O) groups excluding carboxylic acids is 2. The van der Waals surface area contributed by atoms with Crippen LogP contribution in [0.15, 0.2) is 54.7 Å². The smallest absolute Gasteiger partial charge is 0.335 e. The number of carboxylic acids is 1. The Kier molecular flexibility index (Phi) is 7.27. The molecule has 1 aromatic heterocycles. The number of rotatable bonds is 6. The van der Waals surface area contributed by atoms with Gasteiger partial charge in [0.1, 0.15) is 17.4 Å². The van der Waals surface area contributed by atoms with Gasteiger partial charge in [0.05, 0.1) is 28.8 Å². The van der Waals surface area contributed by atoms with E-state index in [1.165, 1.54) is 31.4 Å². The summed E-state index contributed by atoms with van der Waals surface area (Å²) in [6.07, 6.45) is 2.45. The standard InChI is InChI=1S/C31H31ClFN3O5/c1-30(2,3)15-17-14-19(27(37)35-22-11-10-16(28(38)39)13-23(22)41-4)24(18-7-5-9-21(32)25(18)33)31(17)20-8-6-12-34-26(20)36-29(31)40/h5-13,17,19,24H,14-15H2,1-4H3,(H,35,37)(H,38,39)(H,34,36,40)/t17-,19+,24-,31-/m0/s1. The third-order valence-corrected chi connectivity index (χ3v) is 8.45. The number of benzene rings is 2. The summed E-state index contributed by atoms with van der Waals surface area (Å²) in [7, 11) is 1.37. The van der Waals surface area contributed by atoms with Crippen molar-refractivity contribution in [1.29, 1.82) is 0 Å². The van der Waals surface area contributed by atoms with E-state index in [-0.39, 0.29) is 51.2 Å². The highest BCUT2D eigenvalue weighted by atomic mass is 35.5. The second kappa shape index (κ2) is 10.4. The first-order chi connectivity index (χ1) is 19.4. The van der Waals surface area contributed by atoms with E-state index in [1.807, 2.05) is 6.07 Å². The number of hydrogen-bond acceptors (Lipinski definition) is 5. The topological polar surface area (TPSA) is 118 Å². The molecule has 0 unspecified atom stereocenters. The zero-order valence-corrected chi connectivity index (χ0v) is 23.9. The highest BCUT2D eigenvalue weighted by Crippen LogP contribution is 2.63. The maximum atomic E-state index is 15.9. The molecule has 8 nitrogen and oxygen atoms in total. The Balaban J connectivity index is 1.69. The van der Waals surface area contributed by atoms with Gasteiger partial charge in [-0.15, -0.1) is 0 Å². The fourth-order valence-corrected chi connectivity index (χ4v) is 6.89. The summed E-state index contributed by atoms with van der Waals surface area (Å²) in [6, 6.07) is 12.3. The summed E-state index contributed by atoms with van der Waals surface area (Å²) < 4.78 is 21.2. The molecule has 1 saturated carbocycles. The summed E-state index contributed by atoms with van der Waals surface area (Å²) in [5.74, 6) is -4.14. The van der Waals surface area contributed by atoms with Crippen LogP contribution in [0.5, 0.6) is 5.75 Å². The van der Waals surface area contributed by atoms with Gasteiger partial charge in [-0.2, -0.15) is 0 Å². The number of fused-ring (bicyclic) bond motifs is 2. The lowest BCUT2D eigenvalue weighted by Crippen LogP contribution is -2.45. The molecule has 3 N–H and O–H groups in total. The largest absolute Gasteiger partial charge is 0.495 e. The molecule has 2 aliphatic rings. The van der Waals surface area contributed by atoms with Gasteiger partial charge < -0.3 is 20.5 Å². The number of anilines is 2. The molecule has 0 bridgehead atoms. The molecule has 1 fully saturated rings. The second-order valence-corrected chi connectivity index (χ2v) is 12.3. The van der Waals surface area contributed by atoms with Crippen molar-refractivity contribution < 1.29 is 28.6 Å². The maximum absolute atomic E-state index is 15.9. The van der Waals surface area contributed by atoms with Crippen molar-refractivity contribution in [3.63, 3.8) is 0 Å². The number of ether oxygens (including phenoxy) is 1. The van der Waals surface area contributed by atoms with Gasteiger partial charge in [0.25, 0.3) is 0 Å². The van der Waals surface area contributed by atoms with Gasteiger partial charge in [-0.1, -0.05) is 50.6 Å². The van der Waals surface area contributed by atoms with Gasteiger partial charge in [-0.3, -0.25) is 9.59 Å². The first-order valence-electron chi connectivity index (χ1n) is 13.3. The van der Waals surface area contributed by atoms with Crippen molar-refractivity contribution in [2.24, 2.45) is 17.3 Å². The van der Waals surface area contributed by atoms with Gasteiger partial charge in [-0.05, 0) is 60.1 Å². The Hall–Kier alpha value is -3.98. The Morgan fingerprint density at radius 2 is 1.98 bits per heavy atom. The van der Waals surface area contributed by atoms with Crippen LogP contribution in [0.3, 0.4) is 0 Å². The highest BCUT2D eigenvalue weighted by molar-refractivity contribution is 6.30. The lowest BCUT2D eigenvalue weighted by atomic mass is 9.62. The Labute approximate surface area is 242 Å². The van der Waals surface area contributed by atoms with Crippen LogP contribution in [0.25, 0.3) is 0 Å². The number of hydrogen-bond donors (Lipinski definition) is 3. The molecule has 4 atom stereocenters. The summed E-state index contributed by atoms with van der Waals surface area (Å²) >= 11 is 6.25. The first-order valence-corrected chi connectivity index (χ1v) is 13.7. The maximum Gasteiger partial charge on any atom is 0.335 e. The van der Waals surface area contributed by atoms with E-state index in [9.17, 15) is 19.5 Å². The molecule has 2 heterocycles. The molecule has 41 heavy (non-hydrogen) atoms. The third kappa shape index (κ3) is 4.82. The van der Waals surface area contributed by atoms with Crippen LogP contribution >= 0.6 is 11.6 Å². The molecule has 1 aliphatic carbocycles. The van der Waals surface area contributed by atoms with Crippen molar-refractivity contribution in [1.82, 2.24) is 4.98 Å². The van der Waals surface area contributed by atoms with Crippen molar-refractivity contribution in [3.05, 3.63) is 82.3 Å². The summed E-state index contributed by atoms with van der Waals surface area (Å²) in [4.78, 5) is 44.2. The molecule has 1 aliphatic heterocycles. The number of aromatic nitrogens is 1. The number of nitrogens with zero attached hydrogens (tertiary/aromatic N) is 1. The number of aromatic carboxylic acids is 1. The van der Waals surface area contributed by atoms with Crippen LogP contribution in [-0.4, -0.2) is 35.0 Å². The van der Waals surface area contributed by atoms with Crippen molar-refractivity contribution in [2.45, 2.75) is 44.9 Å². The molecule has 3 aromatic rings. The van der Waals surface area contributed by atoms with E-state index in [4.69, 9.17) is 16.3 Å². The average molecular weight is 580 g/mol. The molecule has 214 valence electrons. The third-order valence-electron chi connectivity index (χ3n) is 8.15. The number of carbonyl (C=O) groups is 3. The fraction of sp³-hybridized carbons (Fsp3) is 0.355. The Morgan fingerprint density at radius 1 is 1.22 bits per heavy atom. The fourth-order valence-electron chi connectivity index (χ4n) is 6.70. The Bertz CT molecular complexity index is 1550. The van der Waals surface area contributed by atoms with Crippen molar-refractivity contribution in [2.75, 3.05) is 17.7 Å². The van der Waals surface area contributed by atoms with Crippen LogP contribution in [0.2, 0.25) is 5.02 Å². The van der Waals surface area contributed by atoms with Crippen molar-refractivity contribution in [3.8, 4) is 5.75 Å². The first kappa shape index (κ1) is 28.5. The van der Waals surface area contributed by atoms with E-state index >= 15 is 4.39 Å². The molecule has 5 rings (SSSR count). The lowest BCUT2D eigenvalue weighted by Gasteiger charge is -2.38. The van der Waals surface area contributed by atoms with Crippen molar-refractivity contribution >= 4 is 40.9 Å². The van der Waals surface area contributed by atoms with E-state index in [0.29, 0.717) is 17.8 Å². The molecule has 10 heteroatoms. The van der Waals surface area contributed by atoms with Gasteiger partial charge >= 0.3 is 5.97 Å². The molecular formula is C31H31ClFN3O5. The van der Waals surface area contributed by atoms with Gasteiger partial charge in [0.2, 0.25) is 11.8 Å². The summed E-state index contributed by atoms with van der Waals surface area (Å²) in [5.41, 5.74) is -0.450. The second-order valence-electron chi connectivity index (χ2n) is 11.9. The van der Waals surface area contributed by atoms with Crippen LogP contribution in [0, 0.1) is 23.1 Å². The van der Waals surface area contributed by atoms with Gasteiger partial charge in [-0.25, -0.2) is 14.2 Å². The monoisotopic (exact) mass is 579 g/mol. The van der Waals surface area contributed by atoms with E-state index in [0.717, 1.165) is 0 Å². The lowest BCUT2D eigenvalue weighted by molar-refractivity contribution is -0.123. The van der Waals surface area contributed by atoms with E-state index in [1.54, 1.807) is 24.4 Å². The molecule has 1 spiro atoms. The summed E-state index contributed by atoms with van der Waals surface area (Å²) in [6.45, 7) is 6.19. The van der Waals surface area contributed by atoms with Crippen LogP contribution in [0.1, 0.15) is 61.0 Å². The molecule has 0 radical (unpaired) electrons. The predicted octanol–water partition coefficient (Wildman–Crippen LogP) is 6.27. The quantitative estimate of drug-likeness (QED) is 0.317. The number of carboxylic acid groups (broad SMARTS) is 1. The minimum Gasteiger partial charge on any atom is -0.495 e. The zero-order valence-electron chi connectivity index (χ0n) is 23.1. The van der Waals surface area contributed by atoms with E-state index < -0.39 is 34.9 Å². The SMILES string of the molecule is COc1cc(C(=O)O)ccc1NC(=O)[C@@H]1C[C@@H](CC(C)(C)C)[C@@]2(C(=O)Nc3ncccc32)[C@H]1c1cccc(Cl)c1F. The van der Waals surface area contributed by atoms with Gasteiger partial charge in [0, 0.05) is 23.6 Å². The molecule has 0 saturated heterocycles. The van der Waals surface area contributed by atoms with Crippen LogP contribution in [0.4, 0.5) is 15.9 Å². The van der Waals surface area contributed by atoms with E-state index in [2.05, 4.69) is 36.4 Å². The van der Waals surface area contributed by atoms with Crippen LogP contribution in [-0.2, 0) is 15.0 Å². The molecular weight excluding hydrogens is 549 g/mol. The number of amides is 2. The normalized spacial score (nSPS) is 23.3. The number of methoxy groups -OCH3 is 1. The minimum atomic E-state index is -1.29. The van der Waals surface area contributed by atoms with Crippen LogP contribution < -0.4 is 15.4 Å². The number of halogens is 2. The summed E-state index contributed by atoms with van der Waals surface area (Å²) in [5, 5.41) is 15.1. The average Bonchev–Trinajstić information content (AvgIpc) is 3.40.